The molecule has 0 atom stereocenters. The lowest BCUT2D eigenvalue weighted by Gasteiger charge is -2.12. The highest BCUT2D eigenvalue weighted by Gasteiger charge is 2.17. The summed E-state index contributed by atoms with van der Waals surface area (Å²) in [6, 6.07) is 2.74. The number of ether oxygens (including phenoxy) is 1. The predicted octanol–water partition coefficient (Wildman–Crippen LogP) is 2.62. The second-order valence-electron chi connectivity index (χ2n) is 3.77. The lowest BCUT2D eigenvalue weighted by atomic mass is 10.0. The van der Waals surface area contributed by atoms with Crippen molar-refractivity contribution in [3.8, 4) is 11.5 Å². The van der Waals surface area contributed by atoms with Crippen molar-refractivity contribution >= 4 is 0 Å². The summed E-state index contributed by atoms with van der Waals surface area (Å²) < 4.78 is 30.3. The Balaban J connectivity index is 2.97. The minimum absolute atomic E-state index is 0.334. The Morgan fingerprint density at radius 3 is 2.59 bits per heavy atom. The van der Waals surface area contributed by atoms with Gasteiger partial charge >= 0.3 is 0 Å². The Bertz CT molecular complexity index is 370. The quantitative estimate of drug-likeness (QED) is 0.757. The first-order chi connectivity index (χ1) is 8.10. The van der Waals surface area contributed by atoms with Crippen LogP contribution in [0.5, 0.6) is 11.5 Å². The second-order valence-corrected chi connectivity index (χ2v) is 3.77. The van der Waals surface area contributed by atoms with Crippen molar-refractivity contribution in [3.05, 3.63) is 23.3 Å². The molecule has 0 bridgehead atoms. The normalized spacial score (nSPS) is 10.9. The van der Waals surface area contributed by atoms with E-state index in [-0.39, 0.29) is 11.3 Å². The molecule has 1 aromatic rings. The molecule has 0 aliphatic heterocycles. The number of halogens is 2. The maximum Gasteiger partial charge on any atom is 0.267 e. The summed E-state index contributed by atoms with van der Waals surface area (Å²) in [6.45, 7) is 0.548. The zero-order valence-electron chi connectivity index (χ0n) is 9.75. The van der Waals surface area contributed by atoms with E-state index >= 15 is 0 Å². The molecule has 0 saturated heterocycles. The van der Waals surface area contributed by atoms with Crippen LogP contribution in [-0.2, 0) is 6.42 Å². The third-order valence-electron chi connectivity index (χ3n) is 2.56. The fraction of sp³-hybridized carbons (Fsp3) is 0.500. The van der Waals surface area contributed by atoms with Crippen molar-refractivity contribution in [1.29, 1.82) is 0 Å². The maximum atomic E-state index is 12.7. The van der Waals surface area contributed by atoms with Gasteiger partial charge in [0.15, 0.2) is 0 Å². The van der Waals surface area contributed by atoms with Crippen LogP contribution in [0.3, 0.4) is 0 Å². The summed E-state index contributed by atoms with van der Waals surface area (Å²) in [7, 11) is 1.41. The fourth-order valence-electron chi connectivity index (χ4n) is 1.62. The molecule has 5 heteroatoms. The largest absolute Gasteiger partial charge is 0.507 e. The molecule has 3 N–H and O–H groups in total. The molecule has 3 nitrogen and oxygen atoms in total. The summed E-state index contributed by atoms with van der Waals surface area (Å²) in [6.07, 6.45) is -0.654. The number of rotatable bonds is 6. The first-order valence-corrected chi connectivity index (χ1v) is 5.48. The molecular weight excluding hydrogens is 228 g/mol. The molecule has 17 heavy (non-hydrogen) atoms. The number of methoxy groups -OCH3 is 1. The first kappa shape index (κ1) is 13.7. The Morgan fingerprint density at radius 2 is 2.06 bits per heavy atom. The summed E-state index contributed by atoms with van der Waals surface area (Å²) in [5.41, 5.74) is 5.46. The fourth-order valence-corrected chi connectivity index (χ4v) is 1.62. The molecule has 0 fully saturated rings. The molecule has 1 aromatic carbocycles. The van der Waals surface area contributed by atoms with E-state index in [1.54, 1.807) is 6.07 Å². The number of aryl methyl sites for hydroxylation is 1. The van der Waals surface area contributed by atoms with Crippen LogP contribution in [0.1, 0.15) is 30.4 Å². The monoisotopic (exact) mass is 245 g/mol. The summed E-state index contributed by atoms with van der Waals surface area (Å²) in [5, 5.41) is 9.71. The van der Waals surface area contributed by atoms with Gasteiger partial charge in [-0.3, -0.25) is 0 Å². The van der Waals surface area contributed by atoms with Gasteiger partial charge in [0.25, 0.3) is 6.43 Å². The highest BCUT2D eigenvalue weighted by molar-refractivity contribution is 5.47. The molecule has 0 heterocycles. The summed E-state index contributed by atoms with van der Waals surface area (Å²) >= 11 is 0. The molecule has 0 amide bonds. The SMILES string of the molecule is COc1cc(CCCCN)c(O)c(C(F)F)c1. The molecule has 0 aliphatic rings. The van der Waals surface area contributed by atoms with Crippen LogP contribution in [-0.4, -0.2) is 18.8 Å². The molecular formula is C12H17F2NO2. The number of unbranched alkanes of at least 4 members (excludes halogenated alkanes) is 1. The van der Waals surface area contributed by atoms with Gasteiger partial charge in [0, 0.05) is 0 Å². The lowest BCUT2D eigenvalue weighted by molar-refractivity contribution is 0.147. The van der Waals surface area contributed by atoms with Crippen LogP contribution in [0.2, 0.25) is 0 Å². The molecule has 0 spiro atoms. The van der Waals surface area contributed by atoms with Crippen LogP contribution < -0.4 is 10.5 Å². The molecule has 0 saturated carbocycles. The number of hydrogen-bond acceptors (Lipinski definition) is 3. The molecule has 0 radical (unpaired) electrons. The molecule has 1 rings (SSSR count). The van der Waals surface area contributed by atoms with Gasteiger partial charge in [0.1, 0.15) is 11.5 Å². The van der Waals surface area contributed by atoms with Crippen molar-refractivity contribution in [2.45, 2.75) is 25.7 Å². The van der Waals surface area contributed by atoms with Gasteiger partial charge < -0.3 is 15.6 Å². The van der Waals surface area contributed by atoms with Gasteiger partial charge in [-0.05, 0) is 43.5 Å². The van der Waals surface area contributed by atoms with Crippen molar-refractivity contribution in [1.82, 2.24) is 0 Å². The van der Waals surface area contributed by atoms with E-state index in [1.165, 1.54) is 7.11 Å². The van der Waals surface area contributed by atoms with E-state index in [4.69, 9.17) is 10.5 Å². The van der Waals surface area contributed by atoms with Gasteiger partial charge in [0.05, 0.1) is 12.7 Å². The number of phenols is 1. The van der Waals surface area contributed by atoms with Crippen LogP contribution >= 0.6 is 0 Å². The number of aromatic hydroxyl groups is 1. The minimum atomic E-state index is -2.71. The first-order valence-electron chi connectivity index (χ1n) is 5.48. The average molecular weight is 245 g/mol. The van der Waals surface area contributed by atoms with Crippen molar-refractivity contribution in [2.24, 2.45) is 5.73 Å². The van der Waals surface area contributed by atoms with Crippen LogP contribution in [0, 0.1) is 0 Å². The summed E-state index contributed by atoms with van der Waals surface area (Å²) in [4.78, 5) is 0. The van der Waals surface area contributed by atoms with Gasteiger partial charge in [-0.1, -0.05) is 0 Å². The molecule has 0 aliphatic carbocycles. The third kappa shape index (κ3) is 3.56. The van der Waals surface area contributed by atoms with Gasteiger partial charge in [-0.2, -0.15) is 0 Å². The topological polar surface area (TPSA) is 55.5 Å². The van der Waals surface area contributed by atoms with Gasteiger partial charge in [-0.25, -0.2) is 8.78 Å². The van der Waals surface area contributed by atoms with Crippen molar-refractivity contribution in [3.63, 3.8) is 0 Å². The molecule has 0 unspecified atom stereocenters. The van der Waals surface area contributed by atoms with E-state index in [1.807, 2.05) is 0 Å². The molecule has 0 aromatic heterocycles. The molecule has 96 valence electrons. The van der Waals surface area contributed by atoms with E-state index in [0.29, 0.717) is 24.3 Å². The zero-order chi connectivity index (χ0) is 12.8. The van der Waals surface area contributed by atoms with E-state index < -0.39 is 6.43 Å². The average Bonchev–Trinajstić information content (AvgIpc) is 2.31. The zero-order valence-corrected chi connectivity index (χ0v) is 9.75. The van der Waals surface area contributed by atoms with Crippen LogP contribution in [0.15, 0.2) is 12.1 Å². The lowest BCUT2D eigenvalue weighted by Crippen LogP contribution is -2.00. The number of phenolic OH excluding ortho intramolecular Hbond substituents is 1. The Morgan fingerprint density at radius 1 is 1.35 bits per heavy atom. The highest BCUT2D eigenvalue weighted by Crippen LogP contribution is 2.35. The van der Waals surface area contributed by atoms with Crippen molar-refractivity contribution < 1.29 is 18.6 Å². The summed E-state index contributed by atoms with van der Waals surface area (Å²) in [5.74, 6) is -0.00123. The maximum absolute atomic E-state index is 12.7. The smallest absolute Gasteiger partial charge is 0.267 e. The highest BCUT2D eigenvalue weighted by atomic mass is 19.3. The number of alkyl halides is 2. The number of hydrogen-bond donors (Lipinski definition) is 2. The van der Waals surface area contributed by atoms with Crippen LogP contribution in [0.25, 0.3) is 0 Å². The van der Waals surface area contributed by atoms with E-state index in [9.17, 15) is 13.9 Å². The van der Waals surface area contributed by atoms with Crippen LogP contribution in [0.4, 0.5) is 8.78 Å². The van der Waals surface area contributed by atoms with Crippen molar-refractivity contribution in [2.75, 3.05) is 13.7 Å². The third-order valence-corrected chi connectivity index (χ3v) is 2.56. The van der Waals surface area contributed by atoms with Gasteiger partial charge in [-0.15, -0.1) is 0 Å². The Kier molecular flexibility index (Phi) is 5.15. The van der Waals surface area contributed by atoms with E-state index in [0.717, 1.165) is 18.9 Å². The van der Waals surface area contributed by atoms with Gasteiger partial charge in [0.2, 0.25) is 0 Å². The second kappa shape index (κ2) is 6.39. The van der Waals surface area contributed by atoms with E-state index in [2.05, 4.69) is 0 Å². The predicted molar refractivity (Wildman–Crippen MR) is 61.6 cm³/mol. The number of benzene rings is 1. The Labute approximate surface area is 99.2 Å². The minimum Gasteiger partial charge on any atom is -0.507 e. The standard InChI is InChI=1S/C12H17F2NO2/c1-17-9-6-8(4-2-3-5-15)11(16)10(7-9)12(13)14/h6-7,12,16H,2-5,15H2,1H3. The Hall–Kier alpha value is -1.36. The number of nitrogens with two attached hydrogens (primary N) is 1.